The Balaban J connectivity index is 1.72. The van der Waals surface area contributed by atoms with Gasteiger partial charge in [0, 0.05) is 6.42 Å². The first-order chi connectivity index (χ1) is 13.0. The van der Waals surface area contributed by atoms with Crippen LogP contribution in [0.2, 0.25) is 5.02 Å². The van der Waals surface area contributed by atoms with Crippen LogP contribution in [0.15, 0.2) is 48.5 Å². The summed E-state index contributed by atoms with van der Waals surface area (Å²) in [5.74, 6) is -1.02. The molecule has 2 N–H and O–H groups in total. The Hall–Kier alpha value is -3.06. The van der Waals surface area contributed by atoms with Gasteiger partial charge in [0.05, 0.1) is 29.9 Å². The van der Waals surface area contributed by atoms with Gasteiger partial charge in [-0.2, -0.15) is 0 Å². The van der Waals surface area contributed by atoms with E-state index in [9.17, 15) is 14.4 Å². The summed E-state index contributed by atoms with van der Waals surface area (Å²) < 4.78 is 10.00. The molecule has 0 aliphatic rings. The number of hydrogen-bond donors (Lipinski definition) is 2. The van der Waals surface area contributed by atoms with Crippen LogP contribution in [0.3, 0.4) is 0 Å². The van der Waals surface area contributed by atoms with Crippen LogP contribution < -0.4 is 15.4 Å². The smallest absolute Gasteiger partial charge is 0.306 e. The lowest BCUT2D eigenvalue weighted by molar-refractivity contribution is -0.147. The van der Waals surface area contributed by atoms with Crippen molar-refractivity contribution in [3.05, 3.63) is 53.6 Å². The molecule has 2 rings (SSSR count). The maximum atomic E-state index is 11.9. The predicted molar refractivity (Wildman–Crippen MR) is 102 cm³/mol. The quantitative estimate of drug-likeness (QED) is 0.675. The molecule has 0 fully saturated rings. The molecule has 0 aliphatic heterocycles. The average molecular weight is 391 g/mol. The number of esters is 1. The van der Waals surface area contributed by atoms with Gasteiger partial charge in [0.1, 0.15) is 5.75 Å². The van der Waals surface area contributed by atoms with Gasteiger partial charge >= 0.3 is 5.97 Å². The molecule has 0 radical (unpaired) electrons. The number of benzene rings is 2. The minimum absolute atomic E-state index is 0.0803. The summed E-state index contributed by atoms with van der Waals surface area (Å²) in [6.07, 6.45) is -0.233. The van der Waals surface area contributed by atoms with Crippen molar-refractivity contribution in [1.82, 2.24) is 0 Å². The third kappa shape index (κ3) is 6.63. The molecule has 8 heteroatoms. The second kappa shape index (κ2) is 10.2. The Morgan fingerprint density at radius 2 is 1.52 bits per heavy atom. The second-order valence-corrected chi connectivity index (χ2v) is 5.84. The van der Waals surface area contributed by atoms with Gasteiger partial charge in [0.2, 0.25) is 5.91 Å². The third-order valence-corrected chi connectivity index (χ3v) is 3.78. The van der Waals surface area contributed by atoms with E-state index in [2.05, 4.69) is 10.6 Å². The summed E-state index contributed by atoms with van der Waals surface area (Å²) in [6.45, 7) is -0.460. The van der Waals surface area contributed by atoms with Gasteiger partial charge in [0.15, 0.2) is 6.61 Å². The lowest BCUT2D eigenvalue weighted by Crippen LogP contribution is -2.22. The van der Waals surface area contributed by atoms with Crippen LogP contribution >= 0.6 is 11.6 Å². The van der Waals surface area contributed by atoms with Gasteiger partial charge in [0.25, 0.3) is 5.91 Å². The van der Waals surface area contributed by atoms with E-state index in [4.69, 9.17) is 21.1 Å². The Labute approximate surface area is 161 Å². The van der Waals surface area contributed by atoms with Crippen LogP contribution in [0.1, 0.15) is 12.8 Å². The third-order valence-electron chi connectivity index (χ3n) is 3.45. The molecule has 0 bridgehead atoms. The first kappa shape index (κ1) is 20.3. The SMILES string of the molecule is COc1ccccc1NC(=O)CCC(=O)OCC(=O)Nc1ccccc1Cl. The summed E-state index contributed by atoms with van der Waals surface area (Å²) in [5.41, 5.74) is 0.939. The summed E-state index contributed by atoms with van der Waals surface area (Å²) in [5, 5.41) is 5.57. The summed E-state index contributed by atoms with van der Waals surface area (Å²) in [4.78, 5) is 35.4. The highest BCUT2D eigenvalue weighted by Gasteiger charge is 2.12. The number of para-hydroxylation sites is 3. The van der Waals surface area contributed by atoms with Crippen LogP contribution in [-0.4, -0.2) is 31.5 Å². The molecular weight excluding hydrogens is 372 g/mol. The van der Waals surface area contributed by atoms with E-state index in [0.29, 0.717) is 22.1 Å². The summed E-state index contributed by atoms with van der Waals surface area (Å²) in [6, 6.07) is 13.6. The molecule has 142 valence electrons. The number of nitrogens with one attached hydrogen (secondary N) is 2. The van der Waals surface area contributed by atoms with Gasteiger partial charge < -0.3 is 20.1 Å². The molecule has 0 heterocycles. The number of amides is 2. The molecular formula is C19H19ClN2O5. The zero-order valence-corrected chi connectivity index (χ0v) is 15.4. The fourth-order valence-corrected chi connectivity index (χ4v) is 2.33. The molecule has 2 aromatic carbocycles. The van der Waals surface area contributed by atoms with Crippen molar-refractivity contribution in [2.45, 2.75) is 12.8 Å². The Bertz CT molecular complexity index is 825. The van der Waals surface area contributed by atoms with Crippen molar-refractivity contribution in [1.29, 1.82) is 0 Å². The van der Waals surface area contributed by atoms with Gasteiger partial charge in [-0.05, 0) is 24.3 Å². The number of hydrogen-bond acceptors (Lipinski definition) is 5. The number of anilines is 2. The fraction of sp³-hybridized carbons (Fsp3) is 0.211. The number of rotatable bonds is 8. The molecule has 2 amide bonds. The highest BCUT2D eigenvalue weighted by Crippen LogP contribution is 2.23. The number of methoxy groups -OCH3 is 1. The Kier molecular flexibility index (Phi) is 7.63. The molecule has 0 aliphatic carbocycles. The standard InChI is InChI=1S/C19H19ClN2O5/c1-26-16-9-5-4-8-15(16)22-17(23)10-11-19(25)27-12-18(24)21-14-7-3-2-6-13(14)20/h2-9H,10-12H2,1H3,(H,21,24)(H,22,23). The number of carbonyl (C=O) groups is 3. The van der Waals surface area contributed by atoms with Crippen LogP contribution in [0.5, 0.6) is 5.75 Å². The average Bonchev–Trinajstić information content (AvgIpc) is 2.67. The lowest BCUT2D eigenvalue weighted by atomic mass is 10.2. The minimum atomic E-state index is -0.653. The fourth-order valence-electron chi connectivity index (χ4n) is 2.14. The second-order valence-electron chi connectivity index (χ2n) is 5.44. The number of carbonyl (C=O) groups excluding carboxylic acids is 3. The maximum absolute atomic E-state index is 11.9. The van der Waals surface area contributed by atoms with E-state index < -0.39 is 18.5 Å². The molecule has 0 unspecified atom stereocenters. The normalized spacial score (nSPS) is 10.0. The highest BCUT2D eigenvalue weighted by molar-refractivity contribution is 6.33. The first-order valence-corrected chi connectivity index (χ1v) is 8.50. The molecule has 0 atom stereocenters. The molecule has 0 saturated heterocycles. The van der Waals surface area contributed by atoms with Gasteiger partial charge in [-0.3, -0.25) is 14.4 Å². The highest BCUT2D eigenvalue weighted by atomic mass is 35.5. The number of ether oxygens (including phenoxy) is 2. The molecule has 0 spiro atoms. The van der Waals surface area contributed by atoms with Gasteiger partial charge in [-0.25, -0.2) is 0 Å². The summed E-state index contributed by atoms with van der Waals surface area (Å²) in [7, 11) is 1.50. The van der Waals surface area contributed by atoms with Crippen molar-refractivity contribution in [3.63, 3.8) is 0 Å². The maximum Gasteiger partial charge on any atom is 0.306 e. The van der Waals surface area contributed by atoms with E-state index in [0.717, 1.165) is 0 Å². The van der Waals surface area contributed by atoms with E-state index in [1.165, 1.54) is 7.11 Å². The van der Waals surface area contributed by atoms with E-state index >= 15 is 0 Å². The van der Waals surface area contributed by atoms with Crippen molar-refractivity contribution in [2.75, 3.05) is 24.4 Å². The predicted octanol–water partition coefficient (Wildman–Crippen LogP) is 3.25. The van der Waals surface area contributed by atoms with Crippen LogP contribution in [0.25, 0.3) is 0 Å². The molecule has 0 saturated carbocycles. The monoisotopic (exact) mass is 390 g/mol. The van der Waals surface area contributed by atoms with Crippen LogP contribution in [-0.2, 0) is 19.1 Å². The van der Waals surface area contributed by atoms with Crippen molar-refractivity contribution in [2.24, 2.45) is 0 Å². The van der Waals surface area contributed by atoms with Crippen LogP contribution in [0.4, 0.5) is 11.4 Å². The van der Waals surface area contributed by atoms with Crippen molar-refractivity contribution < 1.29 is 23.9 Å². The zero-order chi connectivity index (χ0) is 19.6. The number of halogens is 1. The van der Waals surface area contributed by atoms with Crippen molar-refractivity contribution in [3.8, 4) is 5.75 Å². The minimum Gasteiger partial charge on any atom is -0.495 e. The summed E-state index contributed by atoms with van der Waals surface area (Å²) >= 11 is 5.93. The van der Waals surface area contributed by atoms with Crippen LogP contribution in [0, 0.1) is 0 Å². The lowest BCUT2D eigenvalue weighted by Gasteiger charge is -2.10. The largest absolute Gasteiger partial charge is 0.495 e. The Morgan fingerprint density at radius 3 is 2.22 bits per heavy atom. The molecule has 27 heavy (non-hydrogen) atoms. The molecule has 0 aromatic heterocycles. The topological polar surface area (TPSA) is 93.7 Å². The Morgan fingerprint density at radius 1 is 0.889 bits per heavy atom. The van der Waals surface area contributed by atoms with E-state index in [-0.39, 0.29) is 18.7 Å². The van der Waals surface area contributed by atoms with Gasteiger partial charge in [-0.1, -0.05) is 35.9 Å². The zero-order valence-electron chi connectivity index (χ0n) is 14.7. The van der Waals surface area contributed by atoms with E-state index in [1.54, 1.807) is 48.5 Å². The van der Waals surface area contributed by atoms with Gasteiger partial charge in [-0.15, -0.1) is 0 Å². The van der Waals surface area contributed by atoms with E-state index in [1.807, 2.05) is 0 Å². The molecule has 7 nitrogen and oxygen atoms in total. The molecule has 2 aromatic rings. The first-order valence-electron chi connectivity index (χ1n) is 8.12. The van der Waals surface area contributed by atoms with Crippen molar-refractivity contribution >= 4 is 40.8 Å².